The van der Waals surface area contributed by atoms with Crippen molar-refractivity contribution >= 4 is 11.7 Å². The second kappa shape index (κ2) is 5.83. The standard InChI is InChI=1S/C11H13NO5/c1-17-9-5-6-10(12(15)16)8(7-9)3-2-4-11(13)14/h5-7H,2-4H2,1H3,(H,13,14). The Balaban J connectivity index is 2.85. The molecule has 0 aliphatic heterocycles. The van der Waals surface area contributed by atoms with Crippen LogP contribution >= 0.6 is 0 Å². The Labute approximate surface area is 98.0 Å². The normalized spacial score (nSPS) is 9.94. The van der Waals surface area contributed by atoms with Crippen LogP contribution in [-0.2, 0) is 11.2 Å². The van der Waals surface area contributed by atoms with Gasteiger partial charge in [0.15, 0.2) is 0 Å². The van der Waals surface area contributed by atoms with Gasteiger partial charge in [-0.15, -0.1) is 0 Å². The molecule has 0 amide bonds. The number of carboxylic acid groups (broad SMARTS) is 1. The van der Waals surface area contributed by atoms with Crippen LogP contribution in [0.3, 0.4) is 0 Å². The van der Waals surface area contributed by atoms with Gasteiger partial charge >= 0.3 is 5.97 Å². The number of hydrogen-bond donors (Lipinski definition) is 1. The van der Waals surface area contributed by atoms with Crippen LogP contribution < -0.4 is 4.74 Å². The number of nitrogens with zero attached hydrogens (tertiary/aromatic N) is 1. The van der Waals surface area contributed by atoms with E-state index in [4.69, 9.17) is 9.84 Å². The maximum atomic E-state index is 10.8. The van der Waals surface area contributed by atoms with Gasteiger partial charge in [-0.3, -0.25) is 14.9 Å². The van der Waals surface area contributed by atoms with Crippen molar-refractivity contribution in [2.75, 3.05) is 7.11 Å². The number of carboxylic acids is 1. The van der Waals surface area contributed by atoms with Crippen molar-refractivity contribution in [3.8, 4) is 5.75 Å². The van der Waals surface area contributed by atoms with Gasteiger partial charge in [0.25, 0.3) is 5.69 Å². The van der Waals surface area contributed by atoms with Crippen LogP contribution in [0.5, 0.6) is 5.75 Å². The molecule has 6 nitrogen and oxygen atoms in total. The topological polar surface area (TPSA) is 89.7 Å². The lowest BCUT2D eigenvalue weighted by atomic mass is 10.1. The van der Waals surface area contributed by atoms with E-state index in [1.807, 2.05) is 0 Å². The van der Waals surface area contributed by atoms with Crippen LogP contribution in [0.15, 0.2) is 18.2 Å². The minimum Gasteiger partial charge on any atom is -0.497 e. The maximum absolute atomic E-state index is 10.8. The van der Waals surface area contributed by atoms with Gasteiger partial charge < -0.3 is 9.84 Å². The van der Waals surface area contributed by atoms with E-state index in [2.05, 4.69) is 0 Å². The van der Waals surface area contributed by atoms with E-state index < -0.39 is 10.9 Å². The van der Waals surface area contributed by atoms with Gasteiger partial charge in [0.1, 0.15) is 5.75 Å². The Hall–Kier alpha value is -2.11. The van der Waals surface area contributed by atoms with Crippen LogP contribution in [0, 0.1) is 10.1 Å². The summed E-state index contributed by atoms with van der Waals surface area (Å²) in [5.41, 5.74) is 0.492. The molecule has 0 saturated heterocycles. The summed E-state index contributed by atoms with van der Waals surface area (Å²) >= 11 is 0. The highest BCUT2D eigenvalue weighted by Crippen LogP contribution is 2.25. The number of methoxy groups -OCH3 is 1. The smallest absolute Gasteiger partial charge is 0.303 e. The average molecular weight is 239 g/mol. The summed E-state index contributed by atoms with van der Waals surface area (Å²) in [6, 6.07) is 4.45. The molecule has 0 aromatic heterocycles. The van der Waals surface area contributed by atoms with Crippen LogP contribution in [0.25, 0.3) is 0 Å². The molecule has 0 radical (unpaired) electrons. The molecule has 1 aromatic carbocycles. The maximum Gasteiger partial charge on any atom is 0.303 e. The minimum atomic E-state index is -0.907. The Kier molecular flexibility index (Phi) is 4.45. The Morgan fingerprint density at radius 3 is 2.76 bits per heavy atom. The molecule has 17 heavy (non-hydrogen) atoms. The first-order valence-electron chi connectivity index (χ1n) is 5.07. The van der Waals surface area contributed by atoms with Crippen LogP contribution in [0.2, 0.25) is 0 Å². The van der Waals surface area contributed by atoms with Crippen molar-refractivity contribution < 1.29 is 19.6 Å². The Morgan fingerprint density at radius 1 is 1.53 bits per heavy atom. The highest BCUT2D eigenvalue weighted by Gasteiger charge is 2.14. The van der Waals surface area contributed by atoms with E-state index in [1.54, 1.807) is 6.07 Å². The lowest BCUT2D eigenvalue weighted by molar-refractivity contribution is -0.385. The molecule has 1 rings (SSSR count). The fraction of sp³-hybridized carbons (Fsp3) is 0.364. The quantitative estimate of drug-likeness (QED) is 0.605. The number of nitro groups is 1. The summed E-state index contributed by atoms with van der Waals surface area (Å²) in [6.07, 6.45) is 0.706. The zero-order valence-corrected chi connectivity index (χ0v) is 9.38. The summed E-state index contributed by atoms with van der Waals surface area (Å²) in [4.78, 5) is 20.7. The second-order valence-electron chi connectivity index (χ2n) is 3.50. The first-order valence-corrected chi connectivity index (χ1v) is 5.07. The van der Waals surface area contributed by atoms with Crippen molar-refractivity contribution in [3.05, 3.63) is 33.9 Å². The number of benzene rings is 1. The largest absolute Gasteiger partial charge is 0.497 e. The van der Waals surface area contributed by atoms with Crippen molar-refractivity contribution in [3.63, 3.8) is 0 Å². The Bertz CT molecular complexity index is 430. The molecule has 1 N–H and O–H groups in total. The van der Waals surface area contributed by atoms with E-state index in [0.29, 0.717) is 24.2 Å². The van der Waals surface area contributed by atoms with Gasteiger partial charge in [0.2, 0.25) is 0 Å². The van der Waals surface area contributed by atoms with Crippen molar-refractivity contribution in [2.24, 2.45) is 0 Å². The molecule has 0 spiro atoms. The molecular weight excluding hydrogens is 226 g/mol. The Morgan fingerprint density at radius 2 is 2.24 bits per heavy atom. The number of aryl methyl sites for hydroxylation is 1. The van der Waals surface area contributed by atoms with Crippen LogP contribution in [0.1, 0.15) is 18.4 Å². The van der Waals surface area contributed by atoms with Gasteiger partial charge in [0, 0.05) is 18.1 Å². The second-order valence-corrected chi connectivity index (χ2v) is 3.50. The first-order chi connectivity index (χ1) is 8.04. The molecular formula is C11H13NO5. The van der Waals surface area contributed by atoms with Crippen molar-refractivity contribution in [1.82, 2.24) is 0 Å². The molecule has 0 aliphatic carbocycles. The zero-order valence-electron chi connectivity index (χ0n) is 9.38. The van der Waals surface area contributed by atoms with E-state index in [0.717, 1.165) is 0 Å². The van der Waals surface area contributed by atoms with Gasteiger partial charge in [-0.25, -0.2) is 0 Å². The van der Waals surface area contributed by atoms with E-state index in [-0.39, 0.29) is 12.1 Å². The summed E-state index contributed by atoms with van der Waals surface area (Å²) in [5, 5.41) is 19.3. The SMILES string of the molecule is COc1ccc([N+](=O)[O-])c(CCCC(=O)O)c1. The molecule has 1 aromatic rings. The van der Waals surface area contributed by atoms with E-state index >= 15 is 0 Å². The lowest BCUT2D eigenvalue weighted by Crippen LogP contribution is -1.99. The van der Waals surface area contributed by atoms with Gasteiger partial charge in [-0.05, 0) is 25.0 Å². The molecule has 0 bridgehead atoms. The predicted molar refractivity (Wildman–Crippen MR) is 60.2 cm³/mol. The summed E-state index contributed by atoms with van der Waals surface area (Å²) < 4.78 is 4.98. The molecule has 0 unspecified atom stereocenters. The van der Waals surface area contributed by atoms with Crippen LogP contribution in [-0.4, -0.2) is 23.1 Å². The molecule has 6 heteroatoms. The van der Waals surface area contributed by atoms with Gasteiger partial charge in [-0.2, -0.15) is 0 Å². The highest BCUT2D eigenvalue weighted by molar-refractivity contribution is 5.66. The predicted octanol–water partition coefficient (Wildman–Crippen LogP) is 2.01. The van der Waals surface area contributed by atoms with Gasteiger partial charge in [0.05, 0.1) is 12.0 Å². The molecule has 0 heterocycles. The van der Waals surface area contributed by atoms with E-state index in [1.165, 1.54) is 19.2 Å². The third kappa shape index (κ3) is 3.75. The van der Waals surface area contributed by atoms with Crippen molar-refractivity contribution in [2.45, 2.75) is 19.3 Å². The zero-order chi connectivity index (χ0) is 12.8. The number of hydrogen-bond acceptors (Lipinski definition) is 4. The highest BCUT2D eigenvalue weighted by atomic mass is 16.6. The van der Waals surface area contributed by atoms with Crippen molar-refractivity contribution in [1.29, 1.82) is 0 Å². The third-order valence-electron chi connectivity index (χ3n) is 2.32. The lowest BCUT2D eigenvalue weighted by Gasteiger charge is -2.05. The number of rotatable bonds is 6. The number of nitro benzene ring substituents is 1. The molecule has 0 fully saturated rings. The molecule has 0 saturated carbocycles. The molecule has 0 aliphatic rings. The first kappa shape index (κ1) is 13.0. The number of aliphatic carboxylic acids is 1. The summed E-state index contributed by atoms with van der Waals surface area (Å²) in [7, 11) is 1.47. The monoisotopic (exact) mass is 239 g/mol. The van der Waals surface area contributed by atoms with Crippen LogP contribution in [0.4, 0.5) is 5.69 Å². The fourth-order valence-corrected chi connectivity index (χ4v) is 1.50. The number of ether oxygens (including phenoxy) is 1. The molecule has 92 valence electrons. The van der Waals surface area contributed by atoms with E-state index in [9.17, 15) is 14.9 Å². The minimum absolute atomic E-state index is 0.00353. The summed E-state index contributed by atoms with van der Waals surface area (Å²) in [5.74, 6) is -0.378. The van der Waals surface area contributed by atoms with Gasteiger partial charge in [-0.1, -0.05) is 0 Å². The third-order valence-corrected chi connectivity index (χ3v) is 2.32. The number of carbonyl (C=O) groups is 1. The summed E-state index contributed by atoms with van der Waals surface area (Å²) in [6.45, 7) is 0. The fourth-order valence-electron chi connectivity index (χ4n) is 1.50. The molecule has 0 atom stereocenters. The average Bonchev–Trinajstić information content (AvgIpc) is 2.28.